The van der Waals surface area contributed by atoms with Gasteiger partial charge in [-0.2, -0.15) is 5.26 Å². The van der Waals surface area contributed by atoms with Crippen molar-refractivity contribution < 1.29 is 36.5 Å². The first-order chi connectivity index (χ1) is 1.41. The fourth-order valence-electron chi connectivity index (χ4n) is 0. The van der Waals surface area contributed by atoms with E-state index in [1.165, 1.54) is 6.92 Å². The molecule has 0 saturated heterocycles. The molecule has 3 heteroatoms. The van der Waals surface area contributed by atoms with Gasteiger partial charge in [0.1, 0.15) is 0 Å². The van der Waals surface area contributed by atoms with Crippen molar-refractivity contribution in [1.29, 1.82) is 5.26 Å². The average Bonchev–Trinajstić information content (AvgIpc) is 0.918. The van der Waals surface area contributed by atoms with Gasteiger partial charge < -0.3 is 6.90 Å². The van der Waals surface area contributed by atoms with Crippen molar-refractivity contribution in [2.45, 2.75) is 6.92 Å². The predicted molar refractivity (Wildman–Crippen MR) is 16.0 cm³/mol. The molecule has 0 bridgehead atoms. The molecule has 0 amide bonds. The summed E-state index contributed by atoms with van der Waals surface area (Å²) >= 11 is 0. The van der Waals surface area contributed by atoms with Gasteiger partial charge in [-0.3, -0.25) is 0 Å². The molecule has 0 aromatic rings. The van der Waals surface area contributed by atoms with Crippen LogP contribution in [0.1, 0.15) is 8.35 Å². The standard InChI is InChI=1S/C2H3N.Na.H2O.H/c1-2-3;;;/h1H3;;1H2;/q;+1;;-1. The average molecular weight is 83.1 g/mol. The van der Waals surface area contributed by atoms with Crippen molar-refractivity contribution in [3.05, 3.63) is 0 Å². The van der Waals surface area contributed by atoms with Gasteiger partial charge in [0.15, 0.2) is 0 Å². The molecule has 0 atom stereocenters. The van der Waals surface area contributed by atoms with Crippen LogP contribution in [0.3, 0.4) is 0 Å². The van der Waals surface area contributed by atoms with Gasteiger partial charge in [-0.1, -0.05) is 0 Å². The fraction of sp³-hybridized carbons (Fsp3) is 0.500. The van der Waals surface area contributed by atoms with Crippen LogP contribution >= 0.6 is 0 Å². The zero-order chi connectivity index (χ0) is 2.71. The molecule has 0 radical (unpaired) electrons. The van der Waals surface area contributed by atoms with Crippen LogP contribution in [-0.2, 0) is 0 Å². The van der Waals surface area contributed by atoms with Gasteiger partial charge in [-0.05, 0) is 0 Å². The topological polar surface area (TPSA) is 55.3 Å². The fourth-order valence-corrected chi connectivity index (χ4v) is 0. The van der Waals surface area contributed by atoms with Crippen LogP contribution in [-0.4, -0.2) is 5.48 Å². The summed E-state index contributed by atoms with van der Waals surface area (Å²) in [6, 6.07) is 1.75. The molecule has 0 unspecified atom stereocenters. The predicted octanol–water partition coefficient (Wildman–Crippen LogP) is -3.18. The zero-order valence-corrected chi connectivity index (χ0v) is 5.45. The summed E-state index contributed by atoms with van der Waals surface area (Å²) in [6.07, 6.45) is 0. The Hall–Kier alpha value is 0.450. The van der Waals surface area contributed by atoms with Gasteiger partial charge in [0, 0.05) is 6.92 Å². The number of hydrogen-bond donors (Lipinski definition) is 0. The molecule has 0 heterocycles. The zero-order valence-electron chi connectivity index (χ0n) is 4.45. The van der Waals surface area contributed by atoms with Gasteiger partial charge in [0.25, 0.3) is 0 Å². The maximum atomic E-state index is 7.32. The van der Waals surface area contributed by atoms with Crippen LogP contribution in [0, 0.1) is 11.3 Å². The normalized spacial score (nSPS) is 1.60. The summed E-state index contributed by atoms with van der Waals surface area (Å²) in [5.41, 5.74) is 0. The van der Waals surface area contributed by atoms with E-state index in [1.54, 1.807) is 6.07 Å². The first kappa shape index (κ1) is 18.0. The quantitative estimate of drug-likeness (QED) is 0.285. The van der Waals surface area contributed by atoms with E-state index in [9.17, 15) is 0 Å². The van der Waals surface area contributed by atoms with Crippen molar-refractivity contribution >= 4 is 0 Å². The first-order valence-electron chi connectivity index (χ1n) is 0.724. The van der Waals surface area contributed by atoms with Crippen LogP contribution < -0.4 is 29.6 Å². The molecule has 0 spiro atoms. The van der Waals surface area contributed by atoms with E-state index in [1.807, 2.05) is 0 Å². The van der Waals surface area contributed by atoms with Crippen LogP contribution in [0.5, 0.6) is 0 Å². The molecule has 0 aromatic heterocycles. The largest absolute Gasteiger partial charge is 1.00 e. The summed E-state index contributed by atoms with van der Waals surface area (Å²) in [4.78, 5) is 0. The summed E-state index contributed by atoms with van der Waals surface area (Å²) in [5, 5.41) is 7.32. The Morgan fingerprint density at radius 2 is 1.80 bits per heavy atom. The Morgan fingerprint density at radius 3 is 1.80 bits per heavy atom. The van der Waals surface area contributed by atoms with Gasteiger partial charge in [0.05, 0.1) is 6.07 Å². The number of rotatable bonds is 0. The van der Waals surface area contributed by atoms with E-state index in [4.69, 9.17) is 5.26 Å². The molecule has 0 aromatic carbocycles. The Balaban J connectivity index is -0.00000000667. The van der Waals surface area contributed by atoms with Crippen molar-refractivity contribution in [1.82, 2.24) is 0 Å². The van der Waals surface area contributed by atoms with Crippen molar-refractivity contribution in [3.8, 4) is 6.07 Å². The monoisotopic (exact) mass is 83.0 g/mol. The van der Waals surface area contributed by atoms with Crippen molar-refractivity contribution in [2.75, 3.05) is 0 Å². The molecular weight excluding hydrogens is 77.0 g/mol. The minimum atomic E-state index is 0. The second-order valence-corrected chi connectivity index (χ2v) is 0.224. The van der Waals surface area contributed by atoms with Crippen LogP contribution in [0.15, 0.2) is 0 Å². The Labute approximate surface area is 54.9 Å². The van der Waals surface area contributed by atoms with Crippen LogP contribution in [0.25, 0.3) is 0 Å². The van der Waals surface area contributed by atoms with E-state index in [0.717, 1.165) is 0 Å². The van der Waals surface area contributed by atoms with Gasteiger partial charge in [-0.25, -0.2) is 0 Å². The summed E-state index contributed by atoms with van der Waals surface area (Å²) in [6.45, 7) is 1.43. The molecule has 0 aliphatic heterocycles. The number of hydrogen-bond acceptors (Lipinski definition) is 1. The third-order valence-corrected chi connectivity index (χ3v) is 0. The molecule has 0 aliphatic rings. The Morgan fingerprint density at radius 1 is 1.80 bits per heavy atom. The molecule has 26 valence electrons. The third-order valence-electron chi connectivity index (χ3n) is 0. The van der Waals surface area contributed by atoms with Gasteiger partial charge in [-0.15, -0.1) is 0 Å². The maximum Gasteiger partial charge on any atom is 1.00 e. The van der Waals surface area contributed by atoms with E-state index in [-0.39, 0.29) is 36.5 Å². The first-order valence-corrected chi connectivity index (χ1v) is 0.724. The van der Waals surface area contributed by atoms with Crippen LogP contribution in [0.2, 0.25) is 0 Å². The molecule has 2 N–H and O–H groups in total. The summed E-state index contributed by atoms with van der Waals surface area (Å²) in [7, 11) is 0. The molecule has 0 fully saturated rings. The van der Waals surface area contributed by atoms with Gasteiger partial charge in [0.2, 0.25) is 0 Å². The SMILES string of the molecule is CC#N.O.[H-].[Na+]. The Bertz CT molecular complexity index is 35.0. The molecule has 0 rings (SSSR count). The second kappa shape index (κ2) is 25.2. The van der Waals surface area contributed by atoms with E-state index < -0.39 is 0 Å². The minimum absolute atomic E-state index is 0. The van der Waals surface area contributed by atoms with Gasteiger partial charge >= 0.3 is 29.6 Å². The van der Waals surface area contributed by atoms with E-state index in [2.05, 4.69) is 0 Å². The molecule has 0 saturated carbocycles. The number of nitriles is 1. The smallest absolute Gasteiger partial charge is 1.00 e. The molecule has 2 nitrogen and oxygen atoms in total. The van der Waals surface area contributed by atoms with Crippen LogP contribution in [0.4, 0.5) is 0 Å². The molecule has 5 heavy (non-hydrogen) atoms. The Kier molecular flexibility index (Phi) is 90.6. The van der Waals surface area contributed by atoms with E-state index >= 15 is 0 Å². The minimum Gasteiger partial charge on any atom is -1.00 e. The molecular formula is C2H6NNaO. The number of nitrogens with zero attached hydrogens (tertiary/aromatic N) is 1. The summed E-state index contributed by atoms with van der Waals surface area (Å²) < 4.78 is 0. The maximum absolute atomic E-state index is 7.32. The summed E-state index contributed by atoms with van der Waals surface area (Å²) in [5.74, 6) is 0. The second-order valence-electron chi connectivity index (χ2n) is 0.224. The van der Waals surface area contributed by atoms with Crippen molar-refractivity contribution in [2.24, 2.45) is 0 Å². The van der Waals surface area contributed by atoms with E-state index in [0.29, 0.717) is 0 Å². The molecule has 0 aliphatic carbocycles. The van der Waals surface area contributed by atoms with Crippen molar-refractivity contribution in [3.63, 3.8) is 0 Å². The third kappa shape index (κ3) is 132.